The van der Waals surface area contributed by atoms with Gasteiger partial charge in [0.15, 0.2) is 5.78 Å². The molecule has 22 heavy (non-hydrogen) atoms. The number of hydrogen-bond donors (Lipinski definition) is 1. The number of aryl methyl sites for hydroxylation is 1. The summed E-state index contributed by atoms with van der Waals surface area (Å²) < 4.78 is 13.5. The predicted molar refractivity (Wildman–Crippen MR) is 90.0 cm³/mol. The van der Waals surface area contributed by atoms with E-state index in [0.29, 0.717) is 33.5 Å². The van der Waals surface area contributed by atoms with Crippen LogP contribution in [0.2, 0.25) is 0 Å². The lowest BCUT2D eigenvalue weighted by Crippen LogP contribution is -1.97. The maximum atomic E-state index is 13.1. The van der Waals surface area contributed by atoms with Crippen molar-refractivity contribution in [3.8, 4) is 5.75 Å². The smallest absolute Gasteiger partial charge is 0.185 e. The Morgan fingerprint density at radius 1 is 1.27 bits per heavy atom. The average Bonchev–Trinajstić information content (AvgIpc) is 2.50. The molecule has 0 saturated heterocycles. The van der Waals surface area contributed by atoms with Gasteiger partial charge >= 0.3 is 0 Å². The van der Waals surface area contributed by atoms with Gasteiger partial charge in [0.05, 0.1) is 4.47 Å². The Bertz CT molecular complexity index is 729. The molecule has 0 amide bonds. The largest absolute Gasteiger partial charge is 0.508 e. The van der Waals surface area contributed by atoms with E-state index in [-0.39, 0.29) is 17.3 Å². The molecule has 0 aliphatic rings. The van der Waals surface area contributed by atoms with Gasteiger partial charge in [-0.05, 0) is 69.9 Å². The molecular formula is C17H13BrClFO2. The Balaban J connectivity index is 2.19. The highest BCUT2D eigenvalue weighted by Gasteiger charge is 2.07. The van der Waals surface area contributed by atoms with Gasteiger partial charge in [0, 0.05) is 11.4 Å². The van der Waals surface area contributed by atoms with Crippen LogP contribution in [0, 0.1) is 5.82 Å². The van der Waals surface area contributed by atoms with Crippen LogP contribution in [0.4, 0.5) is 4.39 Å². The first-order valence-electron chi connectivity index (χ1n) is 6.56. The number of carbonyl (C=O) groups excluding carboxylic acids is 1. The summed E-state index contributed by atoms with van der Waals surface area (Å²) in [7, 11) is 0. The molecule has 0 heterocycles. The zero-order chi connectivity index (χ0) is 16.1. The fourth-order valence-electron chi connectivity index (χ4n) is 1.93. The number of hydrogen-bond acceptors (Lipinski definition) is 2. The first kappa shape index (κ1) is 16.7. The number of carbonyl (C=O) groups is 1. The summed E-state index contributed by atoms with van der Waals surface area (Å²) in [5.74, 6) is -0.0578. The second-order valence-corrected chi connectivity index (χ2v) is 5.89. The predicted octanol–water partition coefficient (Wildman–Crippen LogP) is 4.97. The van der Waals surface area contributed by atoms with Gasteiger partial charge in [-0.1, -0.05) is 12.1 Å². The molecule has 0 aromatic heterocycles. The molecule has 5 heteroatoms. The van der Waals surface area contributed by atoms with Crippen LogP contribution in [0.1, 0.15) is 21.5 Å². The summed E-state index contributed by atoms with van der Waals surface area (Å²) in [4.78, 5) is 12.2. The molecule has 2 aromatic rings. The molecule has 0 aliphatic carbocycles. The van der Waals surface area contributed by atoms with Crippen LogP contribution in [0.3, 0.4) is 0 Å². The van der Waals surface area contributed by atoms with Crippen LogP contribution in [-0.4, -0.2) is 16.8 Å². The molecule has 2 nitrogen and oxygen atoms in total. The van der Waals surface area contributed by atoms with Crippen LogP contribution < -0.4 is 0 Å². The third kappa shape index (κ3) is 4.18. The van der Waals surface area contributed by atoms with Crippen molar-refractivity contribution >= 4 is 39.4 Å². The minimum atomic E-state index is -0.354. The second-order valence-electron chi connectivity index (χ2n) is 4.65. The lowest BCUT2D eigenvalue weighted by atomic mass is 10.0. The highest BCUT2D eigenvalue weighted by atomic mass is 79.9. The topological polar surface area (TPSA) is 37.3 Å². The highest BCUT2D eigenvalue weighted by Crippen LogP contribution is 2.21. The number of aromatic hydroxyl groups is 1. The summed E-state index contributed by atoms with van der Waals surface area (Å²) in [6.45, 7) is 0. The summed E-state index contributed by atoms with van der Waals surface area (Å²) in [5.41, 5.74) is 1.82. The van der Waals surface area contributed by atoms with Crippen LogP contribution in [0.25, 0.3) is 6.08 Å². The molecule has 114 valence electrons. The van der Waals surface area contributed by atoms with Gasteiger partial charge in [0.25, 0.3) is 0 Å². The molecule has 2 aromatic carbocycles. The van der Waals surface area contributed by atoms with Crippen molar-refractivity contribution in [2.45, 2.75) is 6.42 Å². The standard InChI is InChI=1S/C17H13BrClFO2/c18-14-9-11(1-4-15(14)20)2-5-16(21)12-3-6-17(22)13(10-12)7-8-19/h1-6,9-10,22H,7-8H2/b5-2+. The molecular weight excluding hydrogens is 371 g/mol. The Hall–Kier alpha value is -1.65. The van der Waals surface area contributed by atoms with E-state index in [1.165, 1.54) is 18.2 Å². The minimum Gasteiger partial charge on any atom is -0.508 e. The zero-order valence-electron chi connectivity index (χ0n) is 11.5. The van der Waals surface area contributed by atoms with Crippen molar-refractivity contribution in [2.24, 2.45) is 0 Å². The van der Waals surface area contributed by atoms with Crippen molar-refractivity contribution in [1.82, 2.24) is 0 Å². The Morgan fingerprint density at radius 2 is 2.05 bits per heavy atom. The monoisotopic (exact) mass is 382 g/mol. The Kier molecular flexibility index (Phi) is 5.75. The van der Waals surface area contributed by atoms with Crippen molar-refractivity contribution in [1.29, 1.82) is 0 Å². The van der Waals surface area contributed by atoms with E-state index < -0.39 is 0 Å². The molecule has 0 fully saturated rings. The molecule has 0 radical (unpaired) electrons. The van der Waals surface area contributed by atoms with Crippen molar-refractivity contribution in [3.05, 3.63) is 69.5 Å². The summed E-state index contributed by atoms with van der Waals surface area (Å²) >= 11 is 8.76. The number of ketones is 1. The van der Waals surface area contributed by atoms with E-state index in [4.69, 9.17) is 11.6 Å². The number of alkyl halides is 1. The molecule has 0 unspecified atom stereocenters. The Labute approximate surface area is 141 Å². The summed E-state index contributed by atoms with van der Waals surface area (Å²) in [6.07, 6.45) is 3.51. The molecule has 0 saturated carbocycles. The van der Waals surface area contributed by atoms with E-state index in [2.05, 4.69) is 15.9 Å². The van der Waals surface area contributed by atoms with Crippen LogP contribution in [0.5, 0.6) is 5.75 Å². The number of halogens is 3. The number of rotatable bonds is 5. The fraction of sp³-hybridized carbons (Fsp3) is 0.118. The van der Waals surface area contributed by atoms with Gasteiger partial charge in [0.2, 0.25) is 0 Å². The van der Waals surface area contributed by atoms with Gasteiger partial charge in [-0.2, -0.15) is 0 Å². The second kappa shape index (κ2) is 7.56. The van der Waals surface area contributed by atoms with E-state index in [9.17, 15) is 14.3 Å². The third-order valence-electron chi connectivity index (χ3n) is 3.10. The first-order chi connectivity index (χ1) is 10.5. The number of benzene rings is 2. The van der Waals surface area contributed by atoms with E-state index >= 15 is 0 Å². The number of phenolic OH excluding ortho intramolecular Hbond substituents is 1. The van der Waals surface area contributed by atoms with E-state index in [1.54, 1.807) is 30.3 Å². The zero-order valence-corrected chi connectivity index (χ0v) is 13.9. The average molecular weight is 384 g/mol. The van der Waals surface area contributed by atoms with Gasteiger partial charge in [-0.15, -0.1) is 11.6 Å². The van der Waals surface area contributed by atoms with Crippen LogP contribution >= 0.6 is 27.5 Å². The molecule has 0 atom stereocenters. The van der Waals surface area contributed by atoms with Crippen LogP contribution in [-0.2, 0) is 6.42 Å². The quantitative estimate of drug-likeness (QED) is 0.449. The molecule has 0 aliphatic heterocycles. The number of allylic oxidation sites excluding steroid dienone is 1. The molecule has 1 N–H and O–H groups in total. The maximum absolute atomic E-state index is 13.1. The Morgan fingerprint density at radius 3 is 2.73 bits per heavy atom. The maximum Gasteiger partial charge on any atom is 0.185 e. The van der Waals surface area contributed by atoms with Gasteiger partial charge in [0.1, 0.15) is 11.6 Å². The van der Waals surface area contributed by atoms with Crippen LogP contribution in [0.15, 0.2) is 46.9 Å². The fourth-order valence-corrected chi connectivity index (χ4v) is 2.53. The van der Waals surface area contributed by atoms with E-state index in [0.717, 1.165) is 0 Å². The third-order valence-corrected chi connectivity index (χ3v) is 3.90. The molecule has 0 bridgehead atoms. The minimum absolute atomic E-state index is 0.128. The van der Waals surface area contributed by atoms with E-state index in [1.807, 2.05) is 0 Å². The SMILES string of the molecule is O=C(/C=C/c1ccc(F)c(Br)c1)c1ccc(O)c(CCCl)c1. The van der Waals surface area contributed by atoms with Gasteiger partial charge in [-0.25, -0.2) is 4.39 Å². The normalized spacial score (nSPS) is 11.0. The van der Waals surface area contributed by atoms with Gasteiger partial charge in [-0.3, -0.25) is 4.79 Å². The van der Waals surface area contributed by atoms with Crippen molar-refractivity contribution in [2.75, 3.05) is 5.88 Å². The van der Waals surface area contributed by atoms with Gasteiger partial charge < -0.3 is 5.11 Å². The lowest BCUT2D eigenvalue weighted by molar-refractivity contribution is 0.104. The lowest BCUT2D eigenvalue weighted by Gasteiger charge is -2.04. The number of phenols is 1. The molecule has 0 spiro atoms. The van der Waals surface area contributed by atoms with Crippen molar-refractivity contribution in [3.63, 3.8) is 0 Å². The summed E-state index contributed by atoms with van der Waals surface area (Å²) in [5, 5.41) is 9.68. The van der Waals surface area contributed by atoms with Crippen molar-refractivity contribution < 1.29 is 14.3 Å². The highest BCUT2D eigenvalue weighted by molar-refractivity contribution is 9.10. The summed E-state index contributed by atoms with van der Waals surface area (Å²) in [6, 6.07) is 9.17. The molecule has 2 rings (SSSR count). The first-order valence-corrected chi connectivity index (χ1v) is 7.89.